The van der Waals surface area contributed by atoms with Gasteiger partial charge in [0.05, 0.1) is 5.69 Å². The number of nitrogens with zero attached hydrogens (tertiary/aromatic N) is 2. The molecule has 0 aliphatic heterocycles. The van der Waals surface area contributed by atoms with E-state index in [0.717, 1.165) is 29.2 Å². The molecule has 3 rings (SSSR count). The number of nitrogens with two attached hydrogens (primary N) is 1. The predicted octanol–water partition coefficient (Wildman–Crippen LogP) is 3.19. The quantitative estimate of drug-likeness (QED) is 0.572. The number of nitrogens with one attached hydrogen (secondary N) is 1. The topological polar surface area (TPSA) is 67.7 Å². The lowest BCUT2D eigenvalue weighted by molar-refractivity contribution is 0.762. The van der Waals surface area contributed by atoms with Gasteiger partial charge in [-0.2, -0.15) is 0 Å². The molecule has 0 amide bonds. The highest BCUT2D eigenvalue weighted by Crippen LogP contribution is 2.20. The molecule has 110 valence electrons. The fourth-order valence-corrected chi connectivity index (χ4v) is 2.41. The summed E-state index contributed by atoms with van der Waals surface area (Å²) in [6, 6.07) is 17.9. The molecule has 0 radical (unpaired) electrons. The third kappa shape index (κ3) is 2.91. The van der Waals surface area contributed by atoms with Crippen molar-refractivity contribution < 1.29 is 0 Å². The zero-order chi connectivity index (χ0) is 15.5. The molecule has 4 heteroatoms. The number of hydrogen-bond acceptors (Lipinski definition) is 2. The smallest absolute Gasteiger partial charge is 0.122 e. The molecule has 3 N–H and O–H groups in total. The fourth-order valence-electron chi connectivity index (χ4n) is 2.41. The lowest BCUT2D eigenvalue weighted by Gasteiger charge is -2.04. The summed E-state index contributed by atoms with van der Waals surface area (Å²) in [5, 5.41) is 7.43. The Bertz CT molecular complexity index is 786. The van der Waals surface area contributed by atoms with Crippen molar-refractivity contribution >= 4 is 5.84 Å². The number of hydrogen-bond donors (Lipinski definition) is 2. The molecule has 4 nitrogen and oxygen atoms in total. The van der Waals surface area contributed by atoms with E-state index in [1.54, 1.807) is 0 Å². The van der Waals surface area contributed by atoms with E-state index in [1.165, 1.54) is 5.56 Å². The molecule has 0 saturated carbocycles. The average Bonchev–Trinajstić information content (AvgIpc) is 2.89. The Morgan fingerprint density at radius 2 is 1.77 bits per heavy atom. The summed E-state index contributed by atoms with van der Waals surface area (Å²) in [6.07, 6.45) is 2.06. The molecular weight excluding hydrogens is 272 g/mol. The van der Waals surface area contributed by atoms with Crippen LogP contribution in [0.25, 0.3) is 11.3 Å². The highest BCUT2D eigenvalue weighted by Gasteiger charge is 2.07. The normalized spacial score (nSPS) is 10.6. The Balaban J connectivity index is 1.87. The Kier molecular flexibility index (Phi) is 3.74. The van der Waals surface area contributed by atoms with Crippen LogP contribution in [0.3, 0.4) is 0 Å². The minimum Gasteiger partial charge on any atom is -0.384 e. The zero-order valence-corrected chi connectivity index (χ0v) is 12.5. The number of imidazole rings is 1. The minimum atomic E-state index is 0.0809. The molecule has 0 aliphatic carbocycles. The summed E-state index contributed by atoms with van der Waals surface area (Å²) >= 11 is 0. The molecule has 0 atom stereocenters. The van der Waals surface area contributed by atoms with Gasteiger partial charge in [-0.1, -0.05) is 54.6 Å². The molecular formula is C18H18N4. The highest BCUT2D eigenvalue weighted by molar-refractivity contribution is 5.95. The van der Waals surface area contributed by atoms with Gasteiger partial charge in [-0.3, -0.25) is 5.41 Å². The summed E-state index contributed by atoms with van der Waals surface area (Å²) < 4.78 is 2.14. The first-order chi connectivity index (χ1) is 10.6. The Morgan fingerprint density at radius 1 is 1.09 bits per heavy atom. The molecule has 0 bridgehead atoms. The maximum Gasteiger partial charge on any atom is 0.122 e. The van der Waals surface area contributed by atoms with Gasteiger partial charge < -0.3 is 10.3 Å². The van der Waals surface area contributed by atoms with Crippen LogP contribution in [0.15, 0.2) is 60.8 Å². The summed E-state index contributed by atoms with van der Waals surface area (Å²) in [6.45, 7) is 2.82. The first-order valence-corrected chi connectivity index (χ1v) is 7.16. The maximum atomic E-state index is 7.43. The molecule has 2 aromatic carbocycles. The van der Waals surface area contributed by atoms with Gasteiger partial charge in [-0.05, 0) is 12.5 Å². The maximum absolute atomic E-state index is 7.43. The van der Waals surface area contributed by atoms with Crippen LogP contribution in [0, 0.1) is 12.3 Å². The molecule has 0 unspecified atom stereocenters. The fraction of sp³-hybridized carbons (Fsp3) is 0.111. The Hall–Kier alpha value is -2.88. The zero-order valence-electron chi connectivity index (χ0n) is 12.5. The molecule has 3 aromatic rings. The third-order valence-corrected chi connectivity index (χ3v) is 3.66. The van der Waals surface area contributed by atoms with Crippen molar-refractivity contribution in [2.45, 2.75) is 13.5 Å². The van der Waals surface area contributed by atoms with Gasteiger partial charge in [0.1, 0.15) is 11.7 Å². The van der Waals surface area contributed by atoms with E-state index in [4.69, 9.17) is 11.1 Å². The van der Waals surface area contributed by atoms with Crippen LogP contribution in [0.5, 0.6) is 0 Å². The molecule has 0 aliphatic rings. The van der Waals surface area contributed by atoms with Crippen LogP contribution in [0.4, 0.5) is 0 Å². The second kappa shape index (κ2) is 5.85. The van der Waals surface area contributed by atoms with Gasteiger partial charge in [-0.25, -0.2) is 4.98 Å². The molecule has 0 saturated heterocycles. The first-order valence-electron chi connectivity index (χ1n) is 7.16. The number of amidine groups is 1. The van der Waals surface area contributed by atoms with Crippen LogP contribution in [0.2, 0.25) is 0 Å². The van der Waals surface area contributed by atoms with E-state index in [1.807, 2.05) is 49.4 Å². The first kappa shape index (κ1) is 14.1. The number of benzene rings is 2. The van der Waals surface area contributed by atoms with Crippen molar-refractivity contribution in [3.05, 3.63) is 77.7 Å². The van der Waals surface area contributed by atoms with Gasteiger partial charge in [0.25, 0.3) is 0 Å². The molecule has 1 heterocycles. The lowest BCUT2D eigenvalue weighted by Crippen LogP contribution is -2.10. The van der Waals surface area contributed by atoms with Crippen molar-refractivity contribution in [1.82, 2.24) is 9.55 Å². The number of nitrogen functional groups attached to an aromatic ring is 1. The van der Waals surface area contributed by atoms with Gasteiger partial charge in [0.2, 0.25) is 0 Å². The van der Waals surface area contributed by atoms with Crippen molar-refractivity contribution in [2.24, 2.45) is 5.73 Å². The standard InChI is InChI=1S/C18H18N4/c1-13-21-17(15-7-9-16(10-8-15)18(19)20)12-22(13)11-14-5-3-2-4-6-14/h2-10,12H,11H2,1H3,(H3,19,20). The van der Waals surface area contributed by atoms with Gasteiger partial charge in [-0.15, -0.1) is 0 Å². The summed E-state index contributed by atoms with van der Waals surface area (Å²) in [4.78, 5) is 4.63. The van der Waals surface area contributed by atoms with Crippen LogP contribution >= 0.6 is 0 Å². The van der Waals surface area contributed by atoms with E-state index in [0.29, 0.717) is 0 Å². The van der Waals surface area contributed by atoms with Crippen molar-refractivity contribution in [2.75, 3.05) is 0 Å². The predicted molar refractivity (Wildman–Crippen MR) is 89.0 cm³/mol. The summed E-state index contributed by atoms with van der Waals surface area (Å²) in [5.41, 5.74) is 9.42. The number of rotatable bonds is 4. The average molecular weight is 290 g/mol. The van der Waals surface area contributed by atoms with Gasteiger partial charge in [0.15, 0.2) is 0 Å². The van der Waals surface area contributed by atoms with Crippen LogP contribution in [-0.4, -0.2) is 15.4 Å². The van der Waals surface area contributed by atoms with Crippen molar-refractivity contribution in [3.63, 3.8) is 0 Å². The van der Waals surface area contributed by atoms with Gasteiger partial charge in [0, 0.05) is 23.9 Å². The minimum absolute atomic E-state index is 0.0809. The van der Waals surface area contributed by atoms with Crippen LogP contribution < -0.4 is 5.73 Å². The van der Waals surface area contributed by atoms with E-state index < -0.39 is 0 Å². The lowest BCUT2D eigenvalue weighted by atomic mass is 10.1. The number of aromatic nitrogens is 2. The molecule has 1 aromatic heterocycles. The van der Waals surface area contributed by atoms with Crippen molar-refractivity contribution in [1.29, 1.82) is 5.41 Å². The molecule has 0 spiro atoms. The van der Waals surface area contributed by atoms with Crippen LogP contribution in [-0.2, 0) is 6.54 Å². The summed E-state index contributed by atoms with van der Waals surface area (Å²) in [5.74, 6) is 1.06. The molecule has 22 heavy (non-hydrogen) atoms. The Morgan fingerprint density at radius 3 is 2.41 bits per heavy atom. The molecule has 0 fully saturated rings. The Labute approximate surface area is 129 Å². The monoisotopic (exact) mass is 290 g/mol. The van der Waals surface area contributed by atoms with E-state index in [2.05, 4.69) is 27.9 Å². The summed E-state index contributed by atoms with van der Waals surface area (Å²) in [7, 11) is 0. The van der Waals surface area contributed by atoms with Gasteiger partial charge >= 0.3 is 0 Å². The van der Waals surface area contributed by atoms with E-state index >= 15 is 0 Å². The number of aryl methyl sites for hydroxylation is 1. The third-order valence-electron chi connectivity index (χ3n) is 3.66. The highest BCUT2D eigenvalue weighted by atomic mass is 15.1. The second-order valence-corrected chi connectivity index (χ2v) is 5.28. The van der Waals surface area contributed by atoms with E-state index in [9.17, 15) is 0 Å². The second-order valence-electron chi connectivity index (χ2n) is 5.28. The largest absolute Gasteiger partial charge is 0.384 e. The van der Waals surface area contributed by atoms with Crippen molar-refractivity contribution in [3.8, 4) is 11.3 Å². The van der Waals surface area contributed by atoms with E-state index in [-0.39, 0.29) is 5.84 Å². The SMILES string of the molecule is Cc1nc(-c2ccc(C(=N)N)cc2)cn1Cc1ccccc1. The van der Waals surface area contributed by atoms with Crippen LogP contribution in [0.1, 0.15) is 17.0 Å².